The van der Waals surface area contributed by atoms with Crippen molar-refractivity contribution in [3.05, 3.63) is 42.2 Å². The summed E-state index contributed by atoms with van der Waals surface area (Å²) in [5.74, 6) is 2.04. The van der Waals surface area contributed by atoms with E-state index >= 15 is 0 Å². The number of hydrogen-bond donors (Lipinski definition) is 0. The Morgan fingerprint density at radius 1 is 0.760 bits per heavy atom. The third-order valence-electron chi connectivity index (χ3n) is 4.40. The Labute approximate surface area is 157 Å². The fraction of sp³-hybridized carbons (Fsp3) is 0.545. The van der Waals surface area contributed by atoms with Crippen LogP contribution in [0.5, 0.6) is 0 Å². The molecule has 136 valence electrons. The molecular weight excluding hydrogens is 324 g/mol. The first-order valence-electron chi connectivity index (χ1n) is 9.87. The lowest BCUT2D eigenvalue weighted by Crippen LogP contribution is -1.93. The van der Waals surface area contributed by atoms with Gasteiger partial charge in [0, 0.05) is 22.9 Å². The van der Waals surface area contributed by atoms with Crippen molar-refractivity contribution < 1.29 is 0 Å². The summed E-state index contributed by atoms with van der Waals surface area (Å²) in [5.41, 5.74) is 2.36. The van der Waals surface area contributed by atoms with Crippen molar-refractivity contribution in [1.29, 1.82) is 0 Å². The van der Waals surface area contributed by atoms with E-state index in [2.05, 4.69) is 48.1 Å². The van der Waals surface area contributed by atoms with Crippen molar-refractivity contribution >= 4 is 11.8 Å². The van der Waals surface area contributed by atoms with E-state index in [0.29, 0.717) is 0 Å². The molecule has 0 aliphatic carbocycles. The van der Waals surface area contributed by atoms with Crippen molar-refractivity contribution in [3.63, 3.8) is 0 Å². The van der Waals surface area contributed by atoms with Crippen LogP contribution in [0.4, 0.5) is 0 Å². The quantitative estimate of drug-likeness (QED) is 0.304. The first-order valence-corrected chi connectivity index (χ1v) is 10.9. The SMILES string of the molecule is CCCCCCCc1cnc(-c2ccc(SCCCCC)cc2)nc1. The fourth-order valence-electron chi connectivity index (χ4n) is 2.81. The second-order valence-corrected chi connectivity index (χ2v) is 7.83. The minimum Gasteiger partial charge on any atom is -0.236 e. The van der Waals surface area contributed by atoms with Gasteiger partial charge < -0.3 is 0 Å². The topological polar surface area (TPSA) is 25.8 Å². The van der Waals surface area contributed by atoms with E-state index in [9.17, 15) is 0 Å². The minimum atomic E-state index is 0.831. The van der Waals surface area contributed by atoms with Gasteiger partial charge in [-0.15, -0.1) is 11.8 Å². The van der Waals surface area contributed by atoms with Crippen LogP contribution in [0.3, 0.4) is 0 Å². The maximum Gasteiger partial charge on any atom is 0.159 e. The molecule has 1 aromatic carbocycles. The summed E-state index contributed by atoms with van der Waals surface area (Å²) >= 11 is 1.94. The molecule has 1 aromatic heterocycles. The molecule has 0 atom stereocenters. The molecule has 0 aliphatic heterocycles. The molecule has 3 heteroatoms. The summed E-state index contributed by atoms with van der Waals surface area (Å²) in [6, 6.07) is 8.66. The molecule has 0 spiro atoms. The summed E-state index contributed by atoms with van der Waals surface area (Å²) in [4.78, 5) is 10.5. The first kappa shape index (κ1) is 20.0. The average Bonchev–Trinajstić information content (AvgIpc) is 2.66. The van der Waals surface area contributed by atoms with Crippen LogP contribution in [0.2, 0.25) is 0 Å². The molecule has 0 radical (unpaired) electrons. The molecule has 1 heterocycles. The number of thioether (sulfide) groups is 1. The van der Waals surface area contributed by atoms with Gasteiger partial charge in [0.15, 0.2) is 5.82 Å². The van der Waals surface area contributed by atoms with Crippen LogP contribution < -0.4 is 0 Å². The molecule has 0 N–H and O–H groups in total. The smallest absolute Gasteiger partial charge is 0.159 e. The van der Waals surface area contributed by atoms with Crippen LogP contribution in [-0.4, -0.2) is 15.7 Å². The highest BCUT2D eigenvalue weighted by molar-refractivity contribution is 7.99. The Kier molecular flexibility index (Phi) is 9.65. The molecule has 2 nitrogen and oxygen atoms in total. The normalized spacial score (nSPS) is 11.0. The van der Waals surface area contributed by atoms with Gasteiger partial charge in [-0.2, -0.15) is 0 Å². The predicted molar refractivity (Wildman–Crippen MR) is 110 cm³/mol. The summed E-state index contributed by atoms with van der Waals surface area (Å²) in [5, 5.41) is 0. The van der Waals surface area contributed by atoms with Gasteiger partial charge in [0.2, 0.25) is 0 Å². The van der Waals surface area contributed by atoms with Gasteiger partial charge in [-0.3, -0.25) is 0 Å². The molecule has 0 aliphatic rings. The zero-order chi connectivity index (χ0) is 17.7. The van der Waals surface area contributed by atoms with E-state index in [1.807, 2.05) is 24.2 Å². The predicted octanol–water partition coefficient (Wildman–Crippen LogP) is 6.94. The lowest BCUT2D eigenvalue weighted by molar-refractivity contribution is 0.631. The van der Waals surface area contributed by atoms with Crippen LogP contribution in [0, 0.1) is 0 Å². The zero-order valence-electron chi connectivity index (χ0n) is 15.8. The highest BCUT2D eigenvalue weighted by atomic mass is 32.2. The maximum atomic E-state index is 4.56. The average molecular weight is 357 g/mol. The van der Waals surface area contributed by atoms with Crippen LogP contribution in [-0.2, 0) is 6.42 Å². The number of aryl methyl sites for hydroxylation is 1. The number of aromatic nitrogens is 2. The lowest BCUT2D eigenvalue weighted by atomic mass is 10.1. The van der Waals surface area contributed by atoms with Crippen LogP contribution in [0.1, 0.15) is 70.8 Å². The Bertz CT molecular complexity index is 578. The molecule has 2 rings (SSSR count). The molecule has 2 aromatic rings. The van der Waals surface area contributed by atoms with Gasteiger partial charge in [0.25, 0.3) is 0 Å². The van der Waals surface area contributed by atoms with E-state index in [1.165, 1.54) is 67.6 Å². The summed E-state index contributed by atoms with van der Waals surface area (Å²) in [7, 11) is 0. The lowest BCUT2D eigenvalue weighted by Gasteiger charge is -2.05. The highest BCUT2D eigenvalue weighted by Crippen LogP contribution is 2.23. The molecule has 0 amide bonds. The van der Waals surface area contributed by atoms with E-state index in [-0.39, 0.29) is 0 Å². The van der Waals surface area contributed by atoms with Gasteiger partial charge in [0.05, 0.1) is 0 Å². The Hall–Kier alpha value is -1.35. The number of hydrogen-bond acceptors (Lipinski definition) is 3. The van der Waals surface area contributed by atoms with Gasteiger partial charge in [-0.05, 0) is 42.7 Å². The maximum absolute atomic E-state index is 4.56. The minimum absolute atomic E-state index is 0.831. The molecule has 0 saturated carbocycles. The molecule has 0 bridgehead atoms. The number of nitrogens with zero attached hydrogens (tertiary/aromatic N) is 2. The van der Waals surface area contributed by atoms with E-state index in [4.69, 9.17) is 0 Å². The zero-order valence-corrected chi connectivity index (χ0v) is 16.7. The van der Waals surface area contributed by atoms with E-state index < -0.39 is 0 Å². The molecule has 0 unspecified atom stereocenters. The van der Waals surface area contributed by atoms with Gasteiger partial charge in [-0.1, -0.05) is 64.5 Å². The van der Waals surface area contributed by atoms with Crippen LogP contribution in [0.25, 0.3) is 11.4 Å². The summed E-state index contributed by atoms with van der Waals surface area (Å²) in [6.07, 6.45) is 15.5. The number of benzene rings is 1. The number of rotatable bonds is 12. The molecular formula is C22H32N2S. The third-order valence-corrected chi connectivity index (χ3v) is 5.50. The highest BCUT2D eigenvalue weighted by Gasteiger charge is 2.03. The molecule has 25 heavy (non-hydrogen) atoms. The van der Waals surface area contributed by atoms with Crippen molar-refractivity contribution in [1.82, 2.24) is 9.97 Å². The fourth-order valence-corrected chi connectivity index (χ4v) is 3.72. The van der Waals surface area contributed by atoms with Gasteiger partial charge in [-0.25, -0.2) is 9.97 Å². The van der Waals surface area contributed by atoms with Crippen molar-refractivity contribution in [3.8, 4) is 11.4 Å². The second kappa shape index (κ2) is 12.1. The van der Waals surface area contributed by atoms with Crippen LogP contribution in [0.15, 0.2) is 41.6 Å². The summed E-state index contributed by atoms with van der Waals surface area (Å²) in [6.45, 7) is 4.50. The van der Waals surface area contributed by atoms with Crippen molar-refractivity contribution in [2.24, 2.45) is 0 Å². The second-order valence-electron chi connectivity index (χ2n) is 6.66. The third kappa shape index (κ3) is 7.60. The van der Waals surface area contributed by atoms with Crippen molar-refractivity contribution in [2.45, 2.75) is 76.5 Å². The Morgan fingerprint density at radius 3 is 2.08 bits per heavy atom. The Balaban J connectivity index is 1.80. The van der Waals surface area contributed by atoms with Crippen LogP contribution >= 0.6 is 11.8 Å². The molecule has 0 saturated heterocycles. The van der Waals surface area contributed by atoms with Gasteiger partial charge in [0.1, 0.15) is 0 Å². The summed E-state index contributed by atoms with van der Waals surface area (Å²) < 4.78 is 0. The Morgan fingerprint density at radius 2 is 1.40 bits per heavy atom. The molecule has 0 fully saturated rings. The monoisotopic (exact) mass is 356 g/mol. The van der Waals surface area contributed by atoms with Gasteiger partial charge >= 0.3 is 0 Å². The van der Waals surface area contributed by atoms with Crippen molar-refractivity contribution in [2.75, 3.05) is 5.75 Å². The van der Waals surface area contributed by atoms with E-state index in [1.54, 1.807) is 0 Å². The number of unbranched alkanes of at least 4 members (excludes halogenated alkanes) is 6. The standard InChI is InChI=1S/C22H32N2S/c1-3-5-7-8-9-11-19-17-23-22(24-18-19)20-12-14-21(15-13-20)25-16-10-6-4-2/h12-15,17-18H,3-11,16H2,1-2H3. The first-order chi connectivity index (χ1) is 12.3. The largest absolute Gasteiger partial charge is 0.236 e. The van der Waals surface area contributed by atoms with E-state index in [0.717, 1.165) is 17.8 Å².